The van der Waals surface area contributed by atoms with E-state index in [0.717, 1.165) is 34.4 Å². The van der Waals surface area contributed by atoms with Crippen molar-refractivity contribution in [2.45, 2.75) is 6.42 Å². The van der Waals surface area contributed by atoms with E-state index in [4.69, 9.17) is 9.15 Å². The normalized spacial score (nSPS) is 10.9. The summed E-state index contributed by atoms with van der Waals surface area (Å²) in [5.41, 5.74) is 4.02. The highest BCUT2D eigenvalue weighted by Gasteiger charge is 2.16. The Morgan fingerprint density at radius 3 is 2.40 bits per heavy atom. The molecule has 0 radical (unpaired) electrons. The van der Waals surface area contributed by atoms with E-state index in [-0.39, 0.29) is 5.75 Å². The summed E-state index contributed by atoms with van der Waals surface area (Å²) in [5, 5.41) is 10.8. The van der Waals surface area contributed by atoms with E-state index < -0.39 is 0 Å². The maximum absolute atomic E-state index is 9.77. The van der Waals surface area contributed by atoms with Gasteiger partial charge in [0.2, 0.25) is 0 Å². The molecule has 1 N–H and O–H groups in total. The van der Waals surface area contributed by atoms with Crippen molar-refractivity contribution in [3.8, 4) is 22.8 Å². The quantitative estimate of drug-likeness (QED) is 0.544. The van der Waals surface area contributed by atoms with Gasteiger partial charge in [0.25, 0.3) is 0 Å². The lowest BCUT2D eigenvalue weighted by molar-refractivity contribution is 0.414. The van der Waals surface area contributed by atoms with Gasteiger partial charge in [-0.05, 0) is 29.8 Å². The third-order valence-corrected chi connectivity index (χ3v) is 4.35. The Morgan fingerprint density at radius 1 is 0.920 bits per heavy atom. The third-order valence-electron chi connectivity index (χ3n) is 4.35. The van der Waals surface area contributed by atoms with E-state index in [9.17, 15) is 5.11 Å². The van der Waals surface area contributed by atoms with Gasteiger partial charge in [-0.25, -0.2) is 0 Å². The number of phenols is 1. The summed E-state index contributed by atoms with van der Waals surface area (Å²) in [6.45, 7) is 0. The van der Waals surface area contributed by atoms with Gasteiger partial charge in [0.15, 0.2) is 0 Å². The first-order valence-electron chi connectivity index (χ1n) is 8.17. The number of hydrogen-bond acceptors (Lipinski definition) is 3. The van der Waals surface area contributed by atoms with Crippen molar-refractivity contribution in [2.75, 3.05) is 7.11 Å². The molecule has 0 aliphatic rings. The lowest BCUT2D eigenvalue weighted by Crippen LogP contribution is -1.90. The summed E-state index contributed by atoms with van der Waals surface area (Å²) in [7, 11) is 1.67. The molecule has 0 aliphatic carbocycles. The topological polar surface area (TPSA) is 42.6 Å². The summed E-state index contributed by atoms with van der Waals surface area (Å²) >= 11 is 0. The molecule has 3 aromatic carbocycles. The number of ether oxygens (including phenoxy) is 1. The van der Waals surface area contributed by atoms with Crippen LogP contribution in [0.3, 0.4) is 0 Å². The molecule has 0 spiro atoms. The zero-order chi connectivity index (χ0) is 17.2. The second-order valence-electron chi connectivity index (χ2n) is 5.98. The molecule has 0 unspecified atom stereocenters. The maximum atomic E-state index is 9.77. The summed E-state index contributed by atoms with van der Waals surface area (Å²) in [6, 6.07) is 23.4. The molecule has 3 nitrogen and oxygen atoms in total. The summed E-state index contributed by atoms with van der Waals surface area (Å²) in [4.78, 5) is 0. The Labute approximate surface area is 146 Å². The fraction of sp³-hybridized carbons (Fsp3) is 0.0909. The van der Waals surface area contributed by atoms with Gasteiger partial charge >= 0.3 is 0 Å². The van der Waals surface area contributed by atoms with Gasteiger partial charge in [0.1, 0.15) is 22.8 Å². The van der Waals surface area contributed by atoms with Crippen molar-refractivity contribution in [2.24, 2.45) is 0 Å². The fourth-order valence-corrected chi connectivity index (χ4v) is 3.08. The molecule has 0 amide bonds. The monoisotopic (exact) mass is 330 g/mol. The summed E-state index contributed by atoms with van der Waals surface area (Å²) in [6.07, 6.45) is 0.742. The lowest BCUT2D eigenvalue weighted by Gasteiger charge is -2.05. The van der Waals surface area contributed by atoms with Crippen LogP contribution in [0.5, 0.6) is 11.5 Å². The molecule has 0 aliphatic heterocycles. The Morgan fingerprint density at radius 2 is 1.68 bits per heavy atom. The Hall–Kier alpha value is -3.20. The maximum Gasteiger partial charge on any atom is 0.138 e. The summed E-state index contributed by atoms with van der Waals surface area (Å²) in [5.74, 6) is 1.89. The highest BCUT2D eigenvalue weighted by atomic mass is 16.5. The van der Waals surface area contributed by atoms with Crippen molar-refractivity contribution in [3.63, 3.8) is 0 Å². The number of benzene rings is 3. The zero-order valence-electron chi connectivity index (χ0n) is 13.9. The molecular weight excluding hydrogens is 312 g/mol. The van der Waals surface area contributed by atoms with Crippen LogP contribution in [0.1, 0.15) is 11.1 Å². The number of furan rings is 1. The van der Waals surface area contributed by atoms with Crippen LogP contribution < -0.4 is 4.74 Å². The van der Waals surface area contributed by atoms with Crippen LogP contribution in [0.4, 0.5) is 0 Å². The van der Waals surface area contributed by atoms with Crippen LogP contribution in [0.15, 0.2) is 77.2 Å². The van der Waals surface area contributed by atoms with Crippen LogP contribution in [0.2, 0.25) is 0 Å². The van der Waals surface area contributed by atoms with E-state index in [0.29, 0.717) is 5.58 Å². The molecule has 124 valence electrons. The van der Waals surface area contributed by atoms with Gasteiger partial charge in [0, 0.05) is 29.0 Å². The number of phenolic OH excluding ortho intramolecular Hbond substituents is 1. The predicted octanol–water partition coefficient (Wildman–Crippen LogP) is 5.40. The van der Waals surface area contributed by atoms with Crippen LogP contribution in [-0.4, -0.2) is 12.2 Å². The first kappa shape index (κ1) is 15.3. The number of hydrogen-bond donors (Lipinski definition) is 1. The SMILES string of the molecule is COc1ccc(Cc2c(-c3ccccc3)oc3cc(O)ccc23)cc1. The Bertz CT molecular complexity index is 999. The van der Waals surface area contributed by atoms with E-state index in [2.05, 4.69) is 12.1 Å². The second kappa shape index (κ2) is 6.36. The van der Waals surface area contributed by atoms with Crippen LogP contribution >= 0.6 is 0 Å². The van der Waals surface area contributed by atoms with Gasteiger partial charge in [-0.3, -0.25) is 0 Å². The van der Waals surface area contributed by atoms with Crippen LogP contribution in [0.25, 0.3) is 22.3 Å². The molecule has 0 atom stereocenters. The number of methoxy groups -OCH3 is 1. The van der Waals surface area contributed by atoms with Gasteiger partial charge < -0.3 is 14.3 Å². The van der Waals surface area contributed by atoms with E-state index >= 15 is 0 Å². The molecule has 1 heterocycles. The first-order chi connectivity index (χ1) is 12.2. The molecule has 0 fully saturated rings. The molecule has 1 aromatic heterocycles. The highest BCUT2D eigenvalue weighted by Crippen LogP contribution is 2.36. The smallest absolute Gasteiger partial charge is 0.138 e. The fourth-order valence-electron chi connectivity index (χ4n) is 3.08. The molecule has 25 heavy (non-hydrogen) atoms. The predicted molar refractivity (Wildman–Crippen MR) is 99.1 cm³/mol. The van der Waals surface area contributed by atoms with Crippen molar-refractivity contribution < 1.29 is 14.3 Å². The van der Waals surface area contributed by atoms with E-state index in [1.54, 1.807) is 19.2 Å². The van der Waals surface area contributed by atoms with Crippen molar-refractivity contribution in [1.29, 1.82) is 0 Å². The molecule has 0 saturated carbocycles. The Kier molecular flexibility index (Phi) is 3.90. The highest BCUT2D eigenvalue weighted by molar-refractivity contribution is 5.89. The van der Waals surface area contributed by atoms with Crippen molar-refractivity contribution in [1.82, 2.24) is 0 Å². The van der Waals surface area contributed by atoms with Gasteiger partial charge in [-0.2, -0.15) is 0 Å². The van der Waals surface area contributed by atoms with Crippen LogP contribution in [0, 0.1) is 0 Å². The van der Waals surface area contributed by atoms with Crippen molar-refractivity contribution >= 4 is 11.0 Å². The molecule has 3 heteroatoms. The van der Waals surface area contributed by atoms with Gasteiger partial charge in [-0.15, -0.1) is 0 Å². The molecular formula is C22H18O3. The second-order valence-corrected chi connectivity index (χ2v) is 5.98. The molecule has 4 rings (SSSR count). The minimum atomic E-state index is 0.205. The molecule has 0 saturated heterocycles. The molecule has 0 bridgehead atoms. The van der Waals surface area contributed by atoms with Gasteiger partial charge in [-0.1, -0.05) is 42.5 Å². The summed E-state index contributed by atoms with van der Waals surface area (Å²) < 4.78 is 11.3. The lowest BCUT2D eigenvalue weighted by atomic mass is 9.98. The average Bonchev–Trinajstić information content (AvgIpc) is 3.00. The van der Waals surface area contributed by atoms with Crippen molar-refractivity contribution in [3.05, 3.63) is 83.9 Å². The van der Waals surface area contributed by atoms with E-state index in [1.165, 1.54) is 5.56 Å². The third kappa shape index (κ3) is 2.96. The number of aromatic hydroxyl groups is 1. The zero-order valence-corrected chi connectivity index (χ0v) is 13.9. The standard InChI is InChI=1S/C22H18O3/c1-24-18-10-7-15(8-11-18)13-20-19-12-9-17(23)14-21(19)25-22(20)16-5-3-2-4-6-16/h2-12,14,23H,13H2,1H3. The molecule has 4 aromatic rings. The average molecular weight is 330 g/mol. The largest absolute Gasteiger partial charge is 0.508 e. The Balaban J connectivity index is 1.84. The van der Waals surface area contributed by atoms with Crippen LogP contribution in [-0.2, 0) is 6.42 Å². The first-order valence-corrected chi connectivity index (χ1v) is 8.17. The number of fused-ring (bicyclic) bond motifs is 1. The minimum Gasteiger partial charge on any atom is -0.508 e. The number of rotatable bonds is 4. The van der Waals surface area contributed by atoms with E-state index in [1.807, 2.05) is 48.5 Å². The minimum absolute atomic E-state index is 0.205. The van der Waals surface area contributed by atoms with Gasteiger partial charge in [0.05, 0.1) is 7.11 Å².